The number of aldehydes is 1. The average molecular weight is 323 g/mol. The molecule has 1 saturated heterocycles. The van der Waals surface area contributed by atoms with E-state index >= 15 is 0 Å². The molecule has 23 heavy (non-hydrogen) atoms. The van der Waals surface area contributed by atoms with E-state index in [4.69, 9.17) is 5.73 Å². The number of ketones is 1. The van der Waals surface area contributed by atoms with Gasteiger partial charge in [-0.2, -0.15) is 0 Å². The SMILES string of the molecule is Nc1cccc2c1CN(C1CCC(C(=O)C=O)NC1)C2=O.O.O. The van der Waals surface area contributed by atoms with Crippen molar-refractivity contribution in [3.05, 3.63) is 29.3 Å². The first-order valence-corrected chi connectivity index (χ1v) is 7.02. The molecule has 8 heteroatoms. The number of amides is 1. The number of anilines is 1. The Morgan fingerprint density at radius 3 is 2.61 bits per heavy atom. The van der Waals surface area contributed by atoms with Gasteiger partial charge in [0.2, 0.25) is 5.78 Å². The number of nitrogen functional groups attached to an aromatic ring is 1. The van der Waals surface area contributed by atoms with E-state index in [1.54, 1.807) is 23.1 Å². The summed E-state index contributed by atoms with van der Waals surface area (Å²) < 4.78 is 0. The Bertz CT molecular complexity index is 611. The fourth-order valence-corrected chi connectivity index (χ4v) is 3.11. The van der Waals surface area contributed by atoms with Crippen LogP contribution in [0.25, 0.3) is 0 Å². The van der Waals surface area contributed by atoms with Crippen LogP contribution in [0.2, 0.25) is 0 Å². The van der Waals surface area contributed by atoms with Gasteiger partial charge >= 0.3 is 0 Å². The Labute approximate surface area is 133 Å². The summed E-state index contributed by atoms with van der Waals surface area (Å²) in [6.45, 7) is 1.03. The van der Waals surface area contributed by atoms with Gasteiger partial charge in [0.15, 0.2) is 6.29 Å². The van der Waals surface area contributed by atoms with Gasteiger partial charge in [0, 0.05) is 35.9 Å². The minimum atomic E-state index is -0.422. The normalized spacial score (nSPS) is 22.6. The number of hydrogen-bond acceptors (Lipinski definition) is 5. The molecule has 2 heterocycles. The first kappa shape index (κ1) is 18.8. The van der Waals surface area contributed by atoms with Gasteiger partial charge in [0.25, 0.3) is 5.91 Å². The molecule has 126 valence electrons. The van der Waals surface area contributed by atoms with E-state index in [2.05, 4.69) is 5.32 Å². The topological polar surface area (TPSA) is 156 Å². The van der Waals surface area contributed by atoms with Crippen molar-refractivity contribution in [3.8, 4) is 0 Å². The van der Waals surface area contributed by atoms with Gasteiger partial charge < -0.3 is 26.9 Å². The van der Waals surface area contributed by atoms with Gasteiger partial charge in [0.05, 0.1) is 6.04 Å². The van der Waals surface area contributed by atoms with Crippen molar-refractivity contribution in [3.63, 3.8) is 0 Å². The average Bonchev–Trinajstić information content (AvgIpc) is 2.85. The summed E-state index contributed by atoms with van der Waals surface area (Å²) in [5.41, 5.74) is 8.12. The Morgan fingerprint density at radius 2 is 2.04 bits per heavy atom. The van der Waals surface area contributed by atoms with E-state index in [9.17, 15) is 14.4 Å². The highest BCUT2D eigenvalue weighted by Crippen LogP contribution is 2.30. The number of carbonyl (C=O) groups is 3. The Morgan fingerprint density at radius 1 is 1.30 bits per heavy atom. The third kappa shape index (κ3) is 3.24. The zero-order valence-corrected chi connectivity index (χ0v) is 12.5. The molecule has 1 fully saturated rings. The summed E-state index contributed by atoms with van der Waals surface area (Å²) in [7, 11) is 0. The maximum atomic E-state index is 12.4. The molecule has 8 nitrogen and oxygen atoms in total. The van der Waals surface area contributed by atoms with Crippen LogP contribution < -0.4 is 11.1 Å². The highest BCUT2D eigenvalue weighted by Gasteiger charge is 2.36. The van der Waals surface area contributed by atoms with Crippen molar-refractivity contribution >= 4 is 23.7 Å². The van der Waals surface area contributed by atoms with Crippen LogP contribution in [-0.4, -0.2) is 52.5 Å². The number of nitrogens with zero attached hydrogens (tertiary/aromatic N) is 1. The molecule has 2 unspecified atom stereocenters. The van der Waals surface area contributed by atoms with Crippen LogP contribution in [0.1, 0.15) is 28.8 Å². The van der Waals surface area contributed by atoms with Gasteiger partial charge in [-0.1, -0.05) is 6.07 Å². The Hall–Kier alpha value is -2.29. The molecule has 0 aliphatic carbocycles. The van der Waals surface area contributed by atoms with Crippen LogP contribution in [0.15, 0.2) is 18.2 Å². The number of nitrogens with one attached hydrogen (secondary N) is 1. The van der Waals surface area contributed by atoms with Gasteiger partial charge in [-0.05, 0) is 25.0 Å². The largest absolute Gasteiger partial charge is 0.412 e. The second kappa shape index (κ2) is 7.32. The quantitative estimate of drug-likeness (QED) is 0.392. The number of nitrogens with two attached hydrogens (primary N) is 1. The van der Waals surface area contributed by atoms with Crippen LogP contribution in [0.4, 0.5) is 5.69 Å². The molecule has 0 radical (unpaired) electrons. The van der Waals surface area contributed by atoms with Crippen molar-refractivity contribution < 1.29 is 25.3 Å². The molecule has 0 spiro atoms. The fraction of sp³-hybridized carbons (Fsp3) is 0.400. The van der Waals surface area contributed by atoms with Crippen LogP contribution in [0.3, 0.4) is 0 Å². The summed E-state index contributed by atoms with van der Waals surface area (Å²) in [5.74, 6) is -0.432. The molecule has 2 aliphatic rings. The van der Waals surface area contributed by atoms with E-state index in [-0.39, 0.29) is 22.9 Å². The number of rotatable bonds is 3. The zero-order valence-electron chi connectivity index (χ0n) is 12.5. The van der Waals surface area contributed by atoms with Crippen molar-refractivity contribution in [1.29, 1.82) is 0 Å². The maximum absolute atomic E-state index is 12.4. The number of carbonyl (C=O) groups excluding carboxylic acids is 3. The Balaban J connectivity index is 0.00000132. The fourth-order valence-electron chi connectivity index (χ4n) is 3.11. The smallest absolute Gasteiger partial charge is 0.254 e. The van der Waals surface area contributed by atoms with E-state index in [1.807, 2.05) is 0 Å². The first-order chi connectivity index (χ1) is 10.1. The number of benzene rings is 1. The van der Waals surface area contributed by atoms with Crippen LogP contribution in [0, 0.1) is 0 Å². The summed E-state index contributed by atoms with van der Waals surface area (Å²) in [4.78, 5) is 36.1. The molecular formula is C15H21N3O5. The highest BCUT2D eigenvalue weighted by molar-refractivity contribution is 6.27. The van der Waals surface area contributed by atoms with E-state index < -0.39 is 11.8 Å². The van der Waals surface area contributed by atoms with Crippen molar-refractivity contribution in [2.75, 3.05) is 12.3 Å². The maximum Gasteiger partial charge on any atom is 0.254 e. The van der Waals surface area contributed by atoms with Crippen molar-refractivity contribution in [2.45, 2.75) is 31.5 Å². The lowest BCUT2D eigenvalue weighted by atomic mass is 9.97. The molecule has 2 atom stereocenters. The molecule has 0 aromatic heterocycles. The lowest BCUT2D eigenvalue weighted by molar-refractivity contribution is -0.131. The van der Waals surface area contributed by atoms with E-state index in [1.165, 1.54) is 0 Å². The third-order valence-electron chi connectivity index (χ3n) is 4.32. The van der Waals surface area contributed by atoms with Crippen molar-refractivity contribution in [1.82, 2.24) is 10.2 Å². The Kier molecular flexibility index (Phi) is 5.97. The molecule has 0 bridgehead atoms. The monoisotopic (exact) mass is 323 g/mol. The molecule has 0 saturated carbocycles. The second-order valence-electron chi connectivity index (χ2n) is 5.52. The van der Waals surface area contributed by atoms with Gasteiger partial charge in [0.1, 0.15) is 0 Å². The number of hydrogen-bond donors (Lipinski definition) is 2. The summed E-state index contributed by atoms with van der Waals surface area (Å²) in [6, 6.07) is 4.99. The van der Waals surface area contributed by atoms with Gasteiger partial charge in [-0.25, -0.2) is 0 Å². The van der Waals surface area contributed by atoms with Crippen molar-refractivity contribution in [2.24, 2.45) is 0 Å². The van der Waals surface area contributed by atoms with E-state index in [0.717, 1.165) is 5.56 Å². The van der Waals surface area contributed by atoms with Crippen LogP contribution >= 0.6 is 0 Å². The van der Waals surface area contributed by atoms with Gasteiger partial charge in [-0.3, -0.25) is 14.4 Å². The number of piperidine rings is 1. The lowest BCUT2D eigenvalue weighted by Gasteiger charge is -2.34. The molecule has 7 N–H and O–H groups in total. The summed E-state index contributed by atoms with van der Waals surface area (Å²) >= 11 is 0. The molecule has 1 aromatic carbocycles. The number of fused-ring (bicyclic) bond motifs is 1. The zero-order chi connectivity index (χ0) is 15.0. The highest BCUT2D eigenvalue weighted by atomic mass is 16.2. The molecular weight excluding hydrogens is 302 g/mol. The standard InChI is InChI=1S/C15H17N3O3.2H2O/c16-12-3-1-2-10-11(12)7-18(15(10)21)9-4-5-13(17-6-9)14(20)8-19;;/h1-3,8-9,13,17H,4-7,16H2;2*1H2. The predicted octanol–water partition coefficient (Wildman–Crippen LogP) is -1.54. The minimum Gasteiger partial charge on any atom is -0.412 e. The molecule has 2 aliphatic heterocycles. The molecule has 3 rings (SSSR count). The van der Waals surface area contributed by atoms with E-state index in [0.29, 0.717) is 43.5 Å². The number of Topliss-reactive ketones (excluding diaryl/α,β-unsaturated/α-hetero) is 1. The molecule has 1 amide bonds. The predicted molar refractivity (Wildman–Crippen MR) is 83.8 cm³/mol. The third-order valence-corrected chi connectivity index (χ3v) is 4.32. The summed E-state index contributed by atoms with van der Waals surface area (Å²) in [5, 5.41) is 3.05. The minimum absolute atomic E-state index is 0. The summed E-state index contributed by atoms with van der Waals surface area (Å²) in [6.07, 6.45) is 1.63. The molecule has 1 aromatic rings. The first-order valence-electron chi connectivity index (χ1n) is 7.02. The van der Waals surface area contributed by atoms with Gasteiger partial charge in [-0.15, -0.1) is 0 Å². The lowest BCUT2D eigenvalue weighted by Crippen LogP contribution is -2.52. The second-order valence-corrected chi connectivity index (χ2v) is 5.52. The van der Waals surface area contributed by atoms with Crippen LogP contribution in [0.5, 0.6) is 0 Å². The van der Waals surface area contributed by atoms with Crippen LogP contribution in [-0.2, 0) is 16.1 Å².